The van der Waals surface area contributed by atoms with Gasteiger partial charge < -0.3 is 10.2 Å². The van der Waals surface area contributed by atoms with E-state index >= 15 is 0 Å². The van der Waals surface area contributed by atoms with Gasteiger partial charge in [-0.3, -0.25) is 13.9 Å². The Morgan fingerprint density at radius 3 is 2.31 bits per heavy atom. The van der Waals surface area contributed by atoms with Gasteiger partial charge in [0.1, 0.15) is 12.6 Å². The van der Waals surface area contributed by atoms with Gasteiger partial charge in [-0.1, -0.05) is 43.3 Å². The van der Waals surface area contributed by atoms with Crippen molar-refractivity contribution >= 4 is 43.5 Å². The lowest BCUT2D eigenvalue weighted by Gasteiger charge is -2.32. The van der Waals surface area contributed by atoms with E-state index in [1.54, 1.807) is 31.2 Å². The molecule has 0 aliphatic rings. The van der Waals surface area contributed by atoms with E-state index in [0.29, 0.717) is 16.7 Å². The average Bonchev–Trinajstić information content (AvgIpc) is 2.74. The topological polar surface area (TPSA) is 86.8 Å². The molecule has 7 nitrogen and oxygen atoms in total. The second-order valence-electron chi connectivity index (χ2n) is 7.64. The molecule has 0 aromatic heterocycles. The third-order valence-corrected chi connectivity index (χ3v) is 6.92. The Morgan fingerprint density at radius 2 is 1.72 bits per heavy atom. The molecule has 0 aliphatic carbocycles. The molecule has 0 aliphatic heterocycles. The number of nitrogens with zero attached hydrogens (tertiary/aromatic N) is 2. The summed E-state index contributed by atoms with van der Waals surface area (Å²) in [4.78, 5) is 27.6. The molecule has 174 valence electrons. The first-order valence-electron chi connectivity index (χ1n) is 10.4. The van der Waals surface area contributed by atoms with E-state index in [4.69, 9.17) is 0 Å². The molecule has 2 aromatic rings. The molecular formula is C23H30BrN3O4S. The van der Waals surface area contributed by atoms with E-state index in [-0.39, 0.29) is 12.5 Å². The van der Waals surface area contributed by atoms with E-state index in [1.807, 2.05) is 38.1 Å². The number of hydrogen-bond donors (Lipinski definition) is 1. The van der Waals surface area contributed by atoms with E-state index in [1.165, 1.54) is 4.90 Å². The quantitative estimate of drug-likeness (QED) is 0.516. The van der Waals surface area contributed by atoms with Crippen molar-refractivity contribution in [3.8, 4) is 0 Å². The largest absolute Gasteiger partial charge is 0.354 e. The fourth-order valence-electron chi connectivity index (χ4n) is 3.20. The Labute approximate surface area is 199 Å². The Balaban J connectivity index is 2.40. The lowest BCUT2D eigenvalue weighted by Crippen LogP contribution is -2.51. The number of nitrogens with one attached hydrogen (secondary N) is 1. The summed E-state index contributed by atoms with van der Waals surface area (Å²) in [6.45, 7) is 5.82. The molecule has 0 heterocycles. The molecule has 1 N–H and O–H groups in total. The summed E-state index contributed by atoms with van der Waals surface area (Å²) in [5.41, 5.74) is 2.24. The number of carbonyl (C=O) groups is 2. The van der Waals surface area contributed by atoms with Crippen LogP contribution in [0.1, 0.15) is 31.4 Å². The minimum atomic E-state index is -3.75. The SMILES string of the molecule is CCCNC(=O)[C@@H](C)N(Cc1ccccc1C)C(=O)CN(c1ccccc1Br)S(C)(=O)=O. The molecule has 32 heavy (non-hydrogen) atoms. The maximum atomic E-state index is 13.4. The number of sulfonamides is 1. The van der Waals surface area contributed by atoms with E-state index in [2.05, 4.69) is 21.2 Å². The number of para-hydroxylation sites is 1. The first-order chi connectivity index (χ1) is 15.1. The third kappa shape index (κ3) is 6.80. The lowest BCUT2D eigenvalue weighted by atomic mass is 10.1. The minimum absolute atomic E-state index is 0.194. The smallest absolute Gasteiger partial charge is 0.244 e. The molecule has 0 saturated heterocycles. The highest BCUT2D eigenvalue weighted by atomic mass is 79.9. The molecule has 2 rings (SSSR count). The van der Waals surface area contributed by atoms with Crippen LogP contribution in [-0.4, -0.2) is 50.5 Å². The summed E-state index contributed by atoms with van der Waals surface area (Å²) in [6.07, 6.45) is 1.83. The second-order valence-corrected chi connectivity index (χ2v) is 10.4. The van der Waals surface area contributed by atoms with Crippen LogP contribution in [0.3, 0.4) is 0 Å². The fourth-order valence-corrected chi connectivity index (χ4v) is 4.68. The standard InChI is InChI=1S/C23H30BrN3O4S/c1-5-14-25-23(29)18(3)26(15-19-11-7-6-10-17(19)2)22(28)16-27(32(4,30)31)21-13-9-8-12-20(21)24/h6-13,18H,5,14-16H2,1-4H3,(H,25,29)/t18-/m1/s1. The first kappa shape index (κ1) is 25.9. The molecule has 2 aromatic carbocycles. The van der Waals surface area contributed by atoms with Crippen molar-refractivity contribution in [2.45, 2.75) is 39.8 Å². The van der Waals surface area contributed by atoms with Crippen molar-refractivity contribution < 1.29 is 18.0 Å². The summed E-state index contributed by atoms with van der Waals surface area (Å²) in [7, 11) is -3.75. The van der Waals surface area contributed by atoms with Gasteiger partial charge in [-0.2, -0.15) is 0 Å². The number of anilines is 1. The first-order valence-corrected chi connectivity index (χ1v) is 13.0. The Bertz CT molecular complexity index is 1060. The molecule has 0 bridgehead atoms. The van der Waals surface area contributed by atoms with E-state index in [9.17, 15) is 18.0 Å². The number of carbonyl (C=O) groups excluding carboxylic acids is 2. The van der Waals surface area contributed by atoms with Gasteiger partial charge in [0.05, 0.1) is 11.9 Å². The Kier molecular flexibility index (Phi) is 9.27. The van der Waals surface area contributed by atoms with Gasteiger partial charge >= 0.3 is 0 Å². The zero-order chi connectivity index (χ0) is 23.9. The van der Waals surface area contributed by atoms with Crippen LogP contribution in [0.4, 0.5) is 5.69 Å². The van der Waals surface area contributed by atoms with Crippen LogP contribution < -0.4 is 9.62 Å². The molecule has 2 amide bonds. The maximum absolute atomic E-state index is 13.4. The maximum Gasteiger partial charge on any atom is 0.244 e. The highest BCUT2D eigenvalue weighted by Gasteiger charge is 2.30. The second kappa shape index (κ2) is 11.5. The molecular weight excluding hydrogens is 494 g/mol. The normalized spacial score (nSPS) is 12.2. The van der Waals surface area contributed by atoms with Crippen molar-refractivity contribution in [1.82, 2.24) is 10.2 Å². The number of rotatable bonds is 10. The molecule has 0 saturated carbocycles. The Hall–Kier alpha value is -2.39. The van der Waals surface area contributed by atoms with Crippen LogP contribution in [0.15, 0.2) is 53.0 Å². The molecule has 1 atom stereocenters. The average molecular weight is 524 g/mol. The van der Waals surface area contributed by atoms with Crippen LogP contribution in [0.25, 0.3) is 0 Å². The summed E-state index contributed by atoms with van der Waals surface area (Å²) < 4.78 is 26.7. The number of halogens is 1. The van der Waals surface area contributed by atoms with Crippen LogP contribution in [0.2, 0.25) is 0 Å². The van der Waals surface area contributed by atoms with Gasteiger partial charge in [0.15, 0.2) is 0 Å². The van der Waals surface area contributed by atoms with Crippen molar-refractivity contribution in [1.29, 1.82) is 0 Å². The predicted molar refractivity (Wildman–Crippen MR) is 131 cm³/mol. The predicted octanol–water partition coefficient (Wildman–Crippen LogP) is 3.47. The van der Waals surface area contributed by atoms with Crippen LogP contribution in [0, 0.1) is 6.92 Å². The van der Waals surface area contributed by atoms with Gasteiger partial charge in [0.25, 0.3) is 0 Å². The van der Waals surface area contributed by atoms with Crippen LogP contribution >= 0.6 is 15.9 Å². The van der Waals surface area contributed by atoms with Gasteiger partial charge in [0.2, 0.25) is 21.8 Å². The van der Waals surface area contributed by atoms with Crippen molar-refractivity contribution in [2.75, 3.05) is 23.7 Å². The summed E-state index contributed by atoms with van der Waals surface area (Å²) >= 11 is 3.37. The summed E-state index contributed by atoms with van der Waals surface area (Å²) in [6, 6.07) is 13.6. The summed E-state index contributed by atoms with van der Waals surface area (Å²) in [5, 5.41) is 2.82. The molecule has 0 spiro atoms. The van der Waals surface area contributed by atoms with Gasteiger partial charge in [-0.05, 0) is 59.5 Å². The molecule has 0 fully saturated rings. The highest BCUT2D eigenvalue weighted by molar-refractivity contribution is 9.10. The fraction of sp³-hybridized carbons (Fsp3) is 0.391. The monoisotopic (exact) mass is 523 g/mol. The zero-order valence-electron chi connectivity index (χ0n) is 18.8. The Morgan fingerprint density at radius 1 is 1.09 bits per heavy atom. The van der Waals surface area contributed by atoms with Crippen molar-refractivity contribution in [2.24, 2.45) is 0 Å². The van der Waals surface area contributed by atoms with Gasteiger partial charge in [-0.15, -0.1) is 0 Å². The van der Waals surface area contributed by atoms with Crippen LogP contribution in [0.5, 0.6) is 0 Å². The molecule has 9 heteroatoms. The van der Waals surface area contributed by atoms with Gasteiger partial charge in [-0.25, -0.2) is 8.42 Å². The number of aryl methyl sites for hydroxylation is 1. The summed E-state index contributed by atoms with van der Waals surface area (Å²) in [5.74, 6) is -0.742. The number of benzene rings is 2. The van der Waals surface area contributed by atoms with Crippen molar-refractivity contribution in [3.05, 3.63) is 64.1 Å². The number of amides is 2. The van der Waals surface area contributed by atoms with Crippen LogP contribution in [-0.2, 0) is 26.2 Å². The minimum Gasteiger partial charge on any atom is -0.354 e. The third-order valence-electron chi connectivity index (χ3n) is 5.12. The number of hydrogen-bond acceptors (Lipinski definition) is 4. The molecule has 0 radical (unpaired) electrons. The lowest BCUT2D eigenvalue weighted by molar-refractivity contribution is -0.139. The van der Waals surface area contributed by atoms with Crippen molar-refractivity contribution in [3.63, 3.8) is 0 Å². The zero-order valence-corrected chi connectivity index (χ0v) is 21.2. The highest BCUT2D eigenvalue weighted by Crippen LogP contribution is 2.28. The molecule has 0 unspecified atom stereocenters. The van der Waals surface area contributed by atoms with E-state index < -0.39 is 28.5 Å². The van der Waals surface area contributed by atoms with Gasteiger partial charge in [0, 0.05) is 17.6 Å². The van der Waals surface area contributed by atoms with E-state index in [0.717, 1.165) is 28.1 Å².